The second kappa shape index (κ2) is 3.98. The van der Waals surface area contributed by atoms with E-state index in [0.29, 0.717) is 0 Å². The van der Waals surface area contributed by atoms with Crippen LogP contribution in [-0.2, 0) is 12.8 Å². The molecular formula is C20H15N. The molecule has 0 saturated carbocycles. The number of nitrogens with zero attached hydrogens (tertiary/aromatic N) is 1. The molecule has 0 amide bonds. The van der Waals surface area contributed by atoms with E-state index in [1.165, 1.54) is 51.5 Å². The standard InChI is InChI=1S/C20H15N/c1-3-9-19-16(7-1)17-8-2-4-10-20(17)21(19)18-11-5-6-14-12-13-15(14)18/h1-11H,12-13H2. The molecule has 1 nitrogen and oxygen atoms in total. The fourth-order valence-corrected chi connectivity index (χ4v) is 3.62. The predicted octanol–water partition coefficient (Wildman–Crippen LogP) is 4.88. The summed E-state index contributed by atoms with van der Waals surface area (Å²) in [6, 6.07) is 24.1. The highest BCUT2D eigenvalue weighted by Gasteiger charge is 2.20. The molecule has 5 rings (SSSR count). The van der Waals surface area contributed by atoms with Crippen molar-refractivity contribution in [2.45, 2.75) is 12.8 Å². The van der Waals surface area contributed by atoms with E-state index in [4.69, 9.17) is 0 Å². The van der Waals surface area contributed by atoms with Crippen LogP contribution in [0.5, 0.6) is 0 Å². The maximum atomic E-state index is 2.43. The summed E-state index contributed by atoms with van der Waals surface area (Å²) in [6.45, 7) is 0. The number of rotatable bonds is 1. The van der Waals surface area contributed by atoms with Crippen LogP contribution < -0.4 is 0 Å². The average molecular weight is 269 g/mol. The Hall–Kier alpha value is -2.54. The average Bonchev–Trinajstić information content (AvgIpc) is 2.83. The van der Waals surface area contributed by atoms with Gasteiger partial charge in [0.2, 0.25) is 0 Å². The minimum absolute atomic E-state index is 1.20. The highest BCUT2D eigenvalue weighted by atomic mass is 15.0. The van der Waals surface area contributed by atoms with Crippen molar-refractivity contribution in [1.82, 2.24) is 4.57 Å². The number of para-hydroxylation sites is 2. The van der Waals surface area contributed by atoms with E-state index in [1.807, 2.05) is 0 Å². The Kier molecular flexibility index (Phi) is 2.12. The van der Waals surface area contributed by atoms with Gasteiger partial charge in [0, 0.05) is 16.5 Å². The molecule has 0 radical (unpaired) electrons. The first-order chi connectivity index (χ1) is 10.4. The van der Waals surface area contributed by atoms with Crippen molar-refractivity contribution in [1.29, 1.82) is 0 Å². The summed E-state index contributed by atoms with van der Waals surface area (Å²) >= 11 is 0. The van der Waals surface area contributed by atoms with Crippen LogP contribution >= 0.6 is 0 Å². The van der Waals surface area contributed by atoms with Gasteiger partial charge in [0.15, 0.2) is 0 Å². The number of fused-ring (bicyclic) bond motifs is 4. The van der Waals surface area contributed by atoms with Gasteiger partial charge in [-0.1, -0.05) is 48.5 Å². The smallest absolute Gasteiger partial charge is 0.0541 e. The van der Waals surface area contributed by atoms with Crippen LogP contribution in [0.1, 0.15) is 11.1 Å². The maximum absolute atomic E-state index is 2.43. The van der Waals surface area contributed by atoms with Crippen LogP contribution in [0.25, 0.3) is 27.5 Å². The van der Waals surface area contributed by atoms with E-state index in [-0.39, 0.29) is 0 Å². The molecule has 0 saturated heterocycles. The quantitative estimate of drug-likeness (QED) is 0.464. The number of hydrogen-bond donors (Lipinski definition) is 0. The van der Waals surface area contributed by atoms with Gasteiger partial charge in [-0.2, -0.15) is 0 Å². The number of aryl methyl sites for hydroxylation is 1. The third kappa shape index (κ3) is 1.41. The molecular weight excluding hydrogens is 254 g/mol. The van der Waals surface area contributed by atoms with Crippen molar-refractivity contribution in [2.24, 2.45) is 0 Å². The predicted molar refractivity (Wildman–Crippen MR) is 88.2 cm³/mol. The van der Waals surface area contributed by atoms with Gasteiger partial charge < -0.3 is 4.57 Å². The summed E-state index contributed by atoms with van der Waals surface area (Å²) in [4.78, 5) is 0. The molecule has 1 aliphatic carbocycles. The van der Waals surface area contributed by atoms with Gasteiger partial charge >= 0.3 is 0 Å². The SMILES string of the molecule is c1cc2c(c(-n3c4ccccc4c4ccccc43)c1)CC2. The third-order valence-corrected chi connectivity index (χ3v) is 4.71. The van der Waals surface area contributed by atoms with Crippen molar-refractivity contribution in [3.05, 3.63) is 77.9 Å². The highest BCUT2D eigenvalue weighted by Crippen LogP contribution is 2.36. The van der Waals surface area contributed by atoms with Crippen molar-refractivity contribution >= 4 is 21.8 Å². The molecule has 0 aliphatic heterocycles. The van der Waals surface area contributed by atoms with Crippen molar-refractivity contribution in [2.75, 3.05) is 0 Å². The number of aromatic nitrogens is 1. The van der Waals surface area contributed by atoms with Crippen molar-refractivity contribution in [3.8, 4) is 5.69 Å². The molecule has 1 heteroatoms. The van der Waals surface area contributed by atoms with Gasteiger partial charge in [0.1, 0.15) is 0 Å². The van der Waals surface area contributed by atoms with Gasteiger partial charge in [0.25, 0.3) is 0 Å². The summed E-state index contributed by atoms with van der Waals surface area (Å²) in [6.07, 6.45) is 2.42. The zero-order valence-electron chi connectivity index (χ0n) is 11.7. The summed E-state index contributed by atoms with van der Waals surface area (Å²) < 4.78 is 2.43. The van der Waals surface area contributed by atoms with E-state index >= 15 is 0 Å². The van der Waals surface area contributed by atoms with Gasteiger partial charge in [-0.15, -0.1) is 0 Å². The van der Waals surface area contributed by atoms with Gasteiger partial charge in [-0.05, 0) is 42.2 Å². The molecule has 3 aromatic carbocycles. The van der Waals surface area contributed by atoms with Crippen LogP contribution in [0.3, 0.4) is 0 Å². The lowest BCUT2D eigenvalue weighted by Crippen LogP contribution is -2.12. The lowest BCUT2D eigenvalue weighted by molar-refractivity contribution is 0.826. The van der Waals surface area contributed by atoms with Crippen molar-refractivity contribution in [3.63, 3.8) is 0 Å². The lowest BCUT2D eigenvalue weighted by atomic mass is 9.87. The van der Waals surface area contributed by atoms with Crippen LogP contribution in [0.2, 0.25) is 0 Å². The Balaban J connectivity index is 2.00. The monoisotopic (exact) mass is 269 g/mol. The molecule has 0 spiro atoms. The fraction of sp³-hybridized carbons (Fsp3) is 0.100. The zero-order chi connectivity index (χ0) is 13.8. The molecule has 0 fully saturated rings. The van der Waals surface area contributed by atoms with E-state index in [2.05, 4.69) is 71.3 Å². The van der Waals surface area contributed by atoms with E-state index in [0.717, 1.165) is 0 Å². The van der Waals surface area contributed by atoms with Gasteiger partial charge in [0.05, 0.1) is 11.0 Å². The summed E-state index contributed by atoms with van der Waals surface area (Å²) in [5.41, 5.74) is 6.99. The van der Waals surface area contributed by atoms with E-state index < -0.39 is 0 Å². The summed E-state index contributed by atoms with van der Waals surface area (Å²) in [5, 5.41) is 2.68. The van der Waals surface area contributed by atoms with Gasteiger partial charge in [-0.25, -0.2) is 0 Å². The van der Waals surface area contributed by atoms with Crippen molar-refractivity contribution < 1.29 is 0 Å². The first kappa shape index (κ1) is 11.2. The number of benzene rings is 3. The molecule has 0 atom stereocenters. The first-order valence-electron chi connectivity index (χ1n) is 7.53. The molecule has 1 heterocycles. The van der Waals surface area contributed by atoms with E-state index in [1.54, 1.807) is 0 Å². The van der Waals surface area contributed by atoms with Crippen LogP contribution in [0.15, 0.2) is 66.7 Å². The Morgan fingerprint density at radius 3 is 1.90 bits per heavy atom. The summed E-state index contributed by atoms with van der Waals surface area (Å²) in [7, 11) is 0. The third-order valence-electron chi connectivity index (χ3n) is 4.71. The molecule has 0 bridgehead atoms. The first-order valence-corrected chi connectivity index (χ1v) is 7.53. The number of hydrogen-bond acceptors (Lipinski definition) is 0. The van der Waals surface area contributed by atoms with E-state index in [9.17, 15) is 0 Å². The second-order valence-corrected chi connectivity index (χ2v) is 5.78. The molecule has 100 valence electrons. The lowest BCUT2D eigenvalue weighted by Gasteiger charge is -2.23. The maximum Gasteiger partial charge on any atom is 0.0541 e. The van der Waals surface area contributed by atoms with Crippen LogP contribution in [0.4, 0.5) is 0 Å². The Morgan fingerprint density at radius 1 is 0.619 bits per heavy atom. The largest absolute Gasteiger partial charge is 0.309 e. The summed E-state index contributed by atoms with van der Waals surface area (Å²) in [5.74, 6) is 0. The second-order valence-electron chi connectivity index (χ2n) is 5.78. The van der Waals surface area contributed by atoms with Crippen LogP contribution in [0, 0.1) is 0 Å². The molecule has 4 aromatic rings. The molecule has 1 aromatic heterocycles. The Labute approximate surface area is 123 Å². The molecule has 0 N–H and O–H groups in total. The van der Waals surface area contributed by atoms with Crippen LogP contribution in [-0.4, -0.2) is 4.57 Å². The normalized spacial score (nSPS) is 13.3. The Bertz CT molecular complexity index is 938. The van der Waals surface area contributed by atoms with Gasteiger partial charge in [-0.3, -0.25) is 0 Å². The molecule has 21 heavy (non-hydrogen) atoms. The minimum atomic E-state index is 1.20. The minimum Gasteiger partial charge on any atom is -0.309 e. The fourth-order valence-electron chi connectivity index (χ4n) is 3.62. The highest BCUT2D eigenvalue weighted by molar-refractivity contribution is 6.09. The topological polar surface area (TPSA) is 4.93 Å². The molecule has 0 unspecified atom stereocenters. The zero-order valence-corrected chi connectivity index (χ0v) is 11.7. The Morgan fingerprint density at radius 2 is 1.29 bits per heavy atom. The molecule has 1 aliphatic rings.